The standard InChI is InChI=1S/C15H20FN3/c1-2-11-3-4-19(15(6-11)10-18)14-7-12(9-17)5-13(16)8-14/h5,7-8,11,15H,2-4,6,10,18H2,1H3. The van der Waals surface area contributed by atoms with Crippen LogP contribution < -0.4 is 10.6 Å². The molecule has 4 heteroatoms. The quantitative estimate of drug-likeness (QED) is 0.910. The molecule has 1 aliphatic rings. The van der Waals surface area contributed by atoms with Crippen LogP contribution >= 0.6 is 0 Å². The van der Waals surface area contributed by atoms with Crippen LogP contribution in [0.15, 0.2) is 18.2 Å². The highest BCUT2D eigenvalue weighted by Gasteiger charge is 2.27. The first-order valence-electron chi connectivity index (χ1n) is 6.85. The van der Waals surface area contributed by atoms with Gasteiger partial charge in [-0.15, -0.1) is 0 Å². The molecule has 0 bridgehead atoms. The van der Waals surface area contributed by atoms with E-state index in [1.54, 1.807) is 6.07 Å². The van der Waals surface area contributed by atoms with E-state index in [0.717, 1.165) is 31.5 Å². The van der Waals surface area contributed by atoms with Crippen LogP contribution in [-0.2, 0) is 0 Å². The Kier molecular flexibility index (Phi) is 4.39. The van der Waals surface area contributed by atoms with Crippen molar-refractivity contribution in [3.8, 4) is 6.07 Å². The predicted octanol–water partition coefficient (Wildman–Crippen LogP) is 2.65. The first kappa shape index (κ1) is 13.8. The van der Waals surface area contributed by atoms with Crippen molar-refractivity contribution in [2.24, 2.45) is 11.7 Å². The summed E-state index contributed by atoms with van der Waals surface area (Å²) in [5.41, 5.74) is 7.00. The monoisotopic (exact) mass is 261 g/mol. The van der Waals surface area contributed by atoms with Crippen LogP contribution in [0.5, 0.6) is 0 Å². The molecule has 0 aliphatic carbocycles. The molecule has 1 aliphatic heterocycles. The minimum Gasteiger partial charge on any atom is -0.367 e. The van der Waals surface area contributed by atoms with Crippen molar-refractivity contribution in [2.75, 3.05) is 18.0 Å². The van der Waals surface area contributed by atoms with E-state index in [2.05, 4.69) is 11.8 Å². The first-order chi connectivity index (χ1) is 9.17. The molecule has 0 aromatic heterocycles. The number of halogens is 1. The molecule has 1 saturated heterocycles. The van der Waals surface area contributed by atoms with Crippen LogP contribution in [0.4, 0.5) is 10.1 Å². The van der Waals surface area contributed by atoms with Crippen molar-refractivity contribution in [2.45, 2.75) is 32.2 Å². The van der Waals surface area contributed by atoms with Crippen molar-refractivity contribution in [3.63, 3.8) is 0 Å². The van der Waals surface area contributed by atoms with Gasteiger partial charge in [0.05, 0.1) is 11.6 Å². The molecule has 0 spiro atoms. The van der Waals surface area contributed by atoms with E-state index in [-0.39, 0.29) is 11.9 Å². The smallest absolute Gasteiger partial charge is 0.126 e. The molecule has 3 nitrogen and oxygen atoms in total. The maximum atomic E-state index is 13.5. The van der Waals surface area contributed by atoms with Crippen molar-refractivity contribution in [1.82, 2.24) is 0 Å². The summed E-state index contributed by atoms with van der Waals surface area (Å²) in [6, 6.07) is 6.75. The van der Waals surface area contributed by atoms with Gasteiger partial charge in [0.15, 0.2) is 0 Å². The van der Waals surface area contributed by atoms with E-state index in [4.69, 9.17) is 11.0 Å². The van der Waals surface area contributed by atoms with Gasteiger partial charge >= 0.3 is 0 Å². The highest BCUT2D eigenvalue weighted by atomic mass is 19.1. The van der Waals surface area contributed by atoms with Crippen LogP contribution in [0.1, 0.15) is 31.7 Å². The molecule has 2 N–H and O–H groups in total. The lowest BCUT2D eigenvalue weighted by Crippen LogP contribution is -2.46. The van der Waals surface area contributed by atoms with Crippen molar-refractivity contribution in [3.05, 3.63) is 29.6 Å². The Balaban J connectivity index is 2.25. The summed E-state index contributed by atoms with van der Waals surface area (Å²) in [7, 11) is 0. The molecule has 1 heterocycles. The summed E-state index contributed by atoms with van der Waals surface area (Å²) in [5, 5.41) is 8.93. The maximum Gasteiger partial charge on any atom is 0.126 e. The summed E-state index contributed by atoms with van der Waals surface area (Å²) >= 11 is 0. The Morgan fingerprint density at radius 1 is 1.47 bits per heavy atom. The van der Waals surface area contributed by atoms with Gasteiger partial charge in [0.25, 0.3) is 0 Å². The van der Waals surface area contributed by atoms with Crippen LogP contribution in [0.2, 0.25) is 0 Å². The molecule has 2 atom stereocenters. The number of nitriles is 1. The van der Waals surface area contributed by atoms with E-state index >= 15 is 0 Å². The zero-order valence-electron chi connectivity index (χ0n) is 11.3. The lowest BCUT2D eigenvalue weighted by Gasteiger charge is -2.40. The highest BCUT2D eigenvalue weighted by molar-refractivity contribution is 5.53. The Labute approximate surface area is 113 Å². The van der Waals surface area contributed by atoms with E-state index in [0.29, 0.717) is 18.0 Å². The number of anilines is 1. The second-order valence-corrected chi connectivity index (χ2v) is 5.19. The molecule has 1 aromatic rings. The van der Waals surface area contributed by atoms with Gasteiger partial charge in [0, 0.05) is 24.8 Å². The van der Waals surface area contributed by atoms with Crippen molar-refractivity contribution < 1.29 is 4.39 Å². The second-order valence-electron chi connectivity index (χ2n) is 5.19. The Bertz CT molecular complexity index is 481. The summed E-state index contributed by atoms with van der Waals surface area (Å²) in [6.45, 7) is 3.65. The molecule has 1 fully saturated rings. The summed E-state index contributed by atoms with van der Waals surface area (Å²) in [4.78, 5) is 2.15. The van der Waals surface area contributed by atoms with Crippen LogP contribution in [0.25, 0.3) is 0 Å². The molecule has 0 saturated carbocycles. The Morgan fingerprint density at radius 2 is 2.26 bits per heavy atom. The van der Waals surface area contributed by atoms with E-state index in [1.807, 2.05) is 6.07 Å². The number of rotatable bonds is 3. The van der Waals surface area contributed by atoms with Crippen molar-refractivity contribution >= 4 is 5.69 Å². The molecular weight excluding hydrogens is 241 g/mol. The van der Waals surface area contributed by atoms with Gasteiger partial charge in [0.2, 0.25) is 0 Å². The molecule has 0 amide bonds. The van der Waals surface area contributed by atoms with Gasteiger partial charge < -0.3 is 10.6 Å². The average molecular weight is 261 g/mol. The topological polar surface area (TPSA) is 53.0 Å². The molecular formula is C15H20FN3. The maximum absolute atomic E-state index is 13.5. The summed E-state index contributed by atoms with van der Waals surface area (Å²) in [6.07, 6.45) is 3.31. The summed E-state index contributed by atoms with van der Waals surface area (Å²) < 4.78 is 13.5. The fraction of sp³-hybridized carbons (Fsp3) is 0.533. The minimum atomic E-state index is -0.359. The third-order valence-corrected chi connectivity index (χ3v) is 4.02. The minimum absolute atomic E-state index is 0.243. The van der Waals surface area contributed by atoms with Gasteiger partial charge in [-0.2, -0.15) is 5.26 Å². The molecule has 2 unspecified atom stereocenters. The first-order valence-corrected chi connectivity index (χ1v) is 6.85. The number of hydrogen-bond donors (Lipinski definition) is 1. The fourth-order valence-corrected chi connectivity index (χ4v) is 2.87. The Hall–Kier alpha value is -1.60. The average Bonchev–Trinajstić information content (AvgIpc) is 2.45. The van der Waals surface area contributed by atoms with Crippen molar-refractivity contribution in [1.29, 1.82) is 5.26 Å². The van der Waals surface area contributed by atoms with Gasteiger partial charge in [-0.1, -0.05) is 13.3 Å². The van der Waals surface area contributed by atoms with E-state index < -0.39 is 0 Å². The number of nitrogens with two attached hydrogens (primary N) is 1. The predicted molar refractivity (Wildman–Crippen MR) is 74.3 cm³/mol. The third kappa shape index (κ3) is 3.05. The zero-order chi connectivity index (χ0) is 13.8. The highest BCUT2D eigenvalue weighted by Crippen LogP contribution is 2.30. The van der Waals surface area contributed by atoms with Crippen LogP contribution in [-0.4, -0.2) is 19.1 Å². The number of hydrogen-bond acceptors (Lipinski definition) is 3. The fourth-order valence-electron chi connectivity index (χ4n) is 2.87. The van der Waals surface area contributed by atoms with Gasteiger partial charge in [0.1, 0.15) is 5.82 Å². The van der Waals surface area contributed by atoms with Gasteiger partial charge in [-0.25, -0.2) is 4.39 Å². The molecule has 19 heavy (non-hydrogen) atoms. The van der Waals surface area contributed by atoms with E-state index in [1.165, 1.54) is 12.1 Å². The largest absolute Gasteiger partial charge is 0.367 e. The van der Waals surface area contributed by atoms with Gasteiger partial charge in [-0.05, 0) is 37.0 Å². The SMILES string of the molecule is CCC1CCN(c2cc(F)cc(C#N)c2)C(CN)C1. The molecule has 102 valence electrons. The van der Waals surface area contributed by atoms with Crippen LogP contribution in [0, 0.1) is 23.1 Å². The second kappa shape index (κ2) is 6.03. The number of nitrogens with zero attached hydrogens (tertiary/aromatic N) is 2. The molecule has 0 radical (unpaired) electrons. The lowest BCUT2D eigenvalue weighted by molar-refractivity contribution is 0.335. The number of benzene rings is 1. The zero-order valence-corrected chi connectivity index (χ0v) is 11.3. The molecule has 1 aromatic carbocycles. The molecule has 2 rings (SSSR count). The number of piperidine rings is 1. The summed E-state index contributed by atoms with van der Waals surface area (Å²) in [5.74, 6) is 0.344. The Morgan fingerprint density at radius 3 is 2.89 bits per heavy atom. The normalized spacial score (nSPS) is 23.2. The lowest BCUT2D eigenvalue weighted by atomic mass is 9.88. The van der Waals surface area contributed by atoms with E-state index in [9.17, 15) is 4.39 Å². The van der Waals surface area contributed by atoms with Gasteiger partial charge in [-0.3, -0.25) is 0 Å². The third-order valence-electron chi connectivity index (χ3n) is 4.02. The van der Waals surface area contributed by atoms with Crippen LogP contribution in [0.3, 0.4) is 0 Å².